The third-order valence-corrected chi connectivity index (χ3v) is 7.59. The molecule has 4 aromatic rings. The predicted octanol–water partition coefficient (Wildman–Crippen LogP) is 5.38. The number of aromatic nitrogens is 2. The van der Waals surface area contributed by atoms with E-state index in [0.717, 1.165) is 11.1 Å². The van der Waals surface area contributed by atoms with Gasteiger partial charge in [0.25, 0.3) is 10.0 Å². The van der Waals surface area contributed by atoms with Gasteiger partial charge in [-0.3, -0.25) is 4.72 Å². The van der Waals surface area contributed by atoms with Crippen LogP contribution >= 0.6 is 11.3 Å². The fraction of sp³-hybridized carbons (Fsp3) is 0.174. The average molecular weight is 472 g/mol. The highest BCUT2D eigenvalue weighted by atomic mass is 32.2. The van der Waals surface area contributed by atoms with E-state index in [9.17, 15) is 12.8 Å². The molecule has 0 unspecified atom stereocenters. The maximum Gasteiger partial charge on any atom is 0.263 e. The van der Waals surface area contributed by atoms with E-state index in [1.807, 2.05) is 18.4 Å². The summed E-state index contributed by atoms with van der Waals surface area (Å²) in [6, 6.07) is 13.0. The molecule has 32 heavy (non-hydrogen) atoms. The highest BCUT2D eigenvalue weighted by Gasteiger charge is 2.24. The lowest BCUT2D eigenvalue weighted by atomic mass is 10.2. The van der Waals surface area contributed by atoms with Gasteiger partial charge >= 0.3 is 0 Å². The first-order valence-corrected chi connectivity index (χ1v) is 12.1. The smallest absolute Gasteiger partial charge is 0.263 e. The third-order valence-electron chi connectivity index (χ3n) is 5.24. The molecule has 166 valence electrons. The Morgan fingerprint density at radius 1 is 1.09 bits per heavy atom. The number of methoxy groups -OCH3 is 1. The Kier molecular flexibility index (Phi) is 5.79. The number of benzene rings is 2. The molecule has 9 heteroatoms. The van der Waals surface area contributed by atoms with Crippen LogP contribution in [-0.2, 0) is 17.1 Å². The van der Waals surface area contributed by atoms with Crippen molar-refractivity contribution in [2.75, 3.05) is 11.8 Å². The molecule has 0 atom stereocenters. The summed E-state index contributed by atoms with van der Waals surface area (Å²) in [6.07, 6.45) is 0. The van der Waals surface area contributed by atoms with Crippen molar-refractivity contribution in [3.8, 4) is 27.7 Å². The van der Waals surface area contributed by atoms with Gasteiger partial charge in [-0.1, -0.05) is 6.07 Å². The lowest BCUT2D eigenvalue weighted by Crippen LogP contribution is -2.14. The van der Waals surface area contributed by atoms with E-state index in [2.05, 4.69) is 9.71 Å². The van der Waals surface area contributed by atoms with Crippen LogP contribution in [0.15, 0.2) is 58.8 Å². The van der Waals surface area contributed by atoms with E-state index in [0.29, 0.717) is 33.5 Å². The monoisotopic (exact) mass is 471 g/mol. The molecule has 0 spiro atoms. The number of rotatable bonds is 6. The predicted molar refractivity (Wildman–Crippen MR) is 125 cm³/mol. The van der Waals surface area contributed by atoms with E-state index in [4.69, 9.17) is 4.74 Å². The summed E-state index contributed by atoms with van der Waals surface area (Å²) >= 11 is 1.40. The molecule has 2 aromatic carbocycles. The molecule has 6 nitrogen and oxygen atoms in total. The molecule has 0 aliphatic heterocycles. The van der Waals surface area contributed by atoms with Crippen molar-refractivity contribution in [3.05, 3.63) is 71.0 Å². The first-order valence-electron chi connectivity index (χ1n) is 9.75. The number of hydrogen-bond donors (Lipinski definition) is 1. The Bertz CT molecular complexity index is 1390. The SMILES string of the molecule is COc1ccc(C)cc1NS(=O)(=O)c1cc(-c2nc(-c3ccc(F)cc3)cs2)n(C)c1C. The van der Waals surface area contributed by atoms with E-state index >= 15 is 0 Å². The standard InChI is InChI=1S/C23H22FN3O3S2/c1-14-5-10-21(30-4)18(11-14)26-32(28,29)22-12-20(27(3)15(22)2)23-25-19(13-31-23)16-6-8-17(24)9-7-16/h5-13,26H,1-4H3. The van der Waals surface area contributed by atoms with Gasteiger partial charge < -0.3 is 9.30 Å². The largest absolute Gasteiger partial charge is 0.495 e. The van der Waals surface area contributed by atoms with Crippen LogP contribution in [-0.4, -0.2) is 25.1 Å². The number of thiazole rings is 1. The molecular formula is C23H22FN3O3S2. The first kappa shape index (κ1) is 22.0. The number of halogens is 1. The van der Waals surface area contributed by atoms with Crippen molar-refractivity contribution in [1.82, 2.24) is 9.55 Å². The van der Waals surface area contributed by atoms with Crippen molar-refractivity contribution >= 4 is 27.0 Å². The zero-order chi connectivity index (χ0) is 23.0. The van der Waals surface area contributed by atoms with E-state index in [1.54, 1.807) is 48.9 Å². The zero-order valence-corrected chi connectivity index (χ0v) is 19.6. The Balaban J connectivity index is 1.70. The van der Waals surface area contributed by atoms with Crippen molar-refractivity contribution < 1.29 is 17.5 Å². The molecule has 0 bridgehead atoms. The van der Waals surface area contributed by atoms with Crippen LogP contribution in [0.2, 0.25) is 0 Å². The second-order valence-electron chi connectivity index (χ2n) is 7.39. The number of ether oxygens (including phenoxy) is 1. The van der Waals surface area contributed by atoms with Crippen molar-refractivity contribution in [2.45, 2.75) is 18.7 Å². The molecular weight excluding hydrogens is 449 g/mol. The third kappa shape index (κ3) is 4.13. The van der Waals surface area contributed by atoms with Crippen LogP contribution in [0.1, 0.15) is 11.3 Å². The van der Waals surface area contributed by atoms with Crippen LogP contribution in [0.4, 0.5) is 10.1 Å². The Morgan fingerprint density at radius 3 is 2.50 bits per heavy atom. The molecule has 4 rings (SSSR count). The summed E-state index contributed by atoms with van der Waals surface area (Å²) in [5.74, 6) is 0.131. The van der Waals surface area contributed by atoms with Crippen LogP contribution in [0, 0.1) is 19.7 Å². The van der Waals surface area contributed by atoms with Gasteiger partial charge in [0.15, 0.2) is 0 Å². The van der Waals surface area contributed by atoms with Gasteiger partial charge in [0.1, 0.15) is 21.5 Å². The minimum Gasteiger partial charge on any atom is -0.495 e. The molecule has 0 saturated heterocycles. The highest BCUT2D eigenvalue weighted by molar-refractivity contribution is 7.92. The Hall–Kier alpha value is -3.17. The van der Waals surface area contributed by atoms with Gasteiger partial charge in [0, 0.05) is 23.7 Å². The molecule has 2 aromatic heterocycles. The highest BCUT2D eigenvalue weighted by Crippen LogP contribution is 2.34. The summed E-state index contributed by atoms with van der Waals surface area (Å²) in [5, 5.41) is 2.54. The first-order chi connectivity index (χ1) is 15.2. The fourth-order valence-corrected chi connectivity index (χ4v) is 5.63. The number of anilines is 1. The van der Waals surface area contributed by atoms with Gasteiger partial charge in [0.2, 0.25) is 0 Å². The second kappa shape index (κ2) is 8.40. The van der Waals surface area contributed by atoms with Crippen LogP contribution in [0.25, 0.3) is 22.0 Å². The summed E-state index contributed by atoms with van der Waals surface area (Å²) in [7, 11) is -0.572. The number of sulfonamides is 1. The van der Waals surface area contributed by atoms with Gasteiger partial charge in [-0.25, -0.2) is 17.8 Å². The molecule has 0 amide bonds. The lowest BCUT2D eigenvalue weighted by Gasteiger charge is -2.12. The second-order valence-corrected chi connectivity index (χ2v) is 9.90. The molecule has 1 N–H and O–H groups in total. The normalized spacial score (nSPS) is 11.5. The van der Waals surface area contributed by atoms with Gasteiger partial charge in [-0.2, -0.15) is 0 Å². The maximum absolute atomic E-state index is 13.2. The molecule has 0 radical (unpaired) electrons. The molecule has 0 aliphatic carbocycles. The van der Waals surface area contributed by atoms with Crippen LogP contribution in [0.3, 0.4) is 0 Å². The maximum atomic E-state index is 13.2. The lowest BCUT2D eigenvalue weighted by molar-refractivity contribution is 0.417. The number of nitrogens with zero attached hydrogens (tertiary/aromatic N) is 2. The van der Waals surface area contributed by atoms with Crippen molar-refractivity contribution in [2.24, 2.45) is 7.05 Å². The number of aryl methyl sites for hydroxylation is 1. The van der Waals surface area contributed by atoms with Crippen LogP contribution in [0.5, 0.6) is 5.75 Å². The van der Waals surface area contributed by atoms with Gasteiger partial charge in [-0.15, -0.1) is 11.3 Å². The van der Waals surface area contributed by atoms with E-state index in [1.165, 1.54) is 30.6 Å². The number of hydrogen-bond acceptors (Lipinski definition) is 5. The summed E-state index contributed by atoms with van der Waals surface area (Å²) in [5.41, 5.74) is 4.04. The molecule has 0 aliphatic rings. The molecule has 2 heterocycles. The minimum absolute atomic E-state index is 0.164. The summed E-state index contributed by atoms with van der Waals surface area (Å²) in [6.45, 7) is 3.63. The Labute approximate surface area is 190 Å². The van der Waals surface area contributed by atoms with E-state index in [-0.39, 0.29) is 10.7 Å². The number of nitrogens with one attached hydrogen (secondary N) is 1. The quantitative estimate of drug-likeness (QED) is 0.410. The summed E-state index contributed by atoms with van der Waals surface area (Å²) in [4.78, 5) is 4.80. The average Bonchev–Trinajstić information content (AvgIpc) is 3.34. The van der Waals surface area contributed by atoms with Gasteiger partial charge in [-0.05, 0) is 61.9 Å². The molecule has 0 fully saturated rings. The topological polar surface area (TPSA) is 73.2 Å². The molecule has 0 saturated carbocycles. The van der Waals surface area contributed by atoms with Crippen molar-refractivity contribution in [3.63, 3.8) is 0 Å². The van der Waals surface area contributed by atoms with Crippen LogP contribution < -0.4 is 9.46 Å². The fourth-order valence-electron chi connectivity index (χ4n) is 3.39. The Morgan fingerprint density at radius 2 is 1.81 bits per heavy atom. The van der Waals surface area contributed by atoms with Gasteiger partial charge in [0.05, 0.1) is 24.2 Å². The minimum atomic E-state index is -3.87. The van der Waals surface area contributed by atoms with Crippen molar-refractivity contribution in [1.29, 1.82) is 0 Å². The van der Waals surface area contributed by atoms with E-state index < -0.39 is 10.0 Å². The summed E-state index contributed by atoms with van der Waals surface area (Å²) < 4.78 is 49.4. The zero-order valence-electron chi connectivity index (χ0n) is 18.0.